The van der Waals surface area contributed by atoms with Crippen LogP contribution < -0.4 is 10.5 Å². The summed E-state index contributed by atoms with van der Waals surface area (Å²) in [6, 6.07) is 3.79. The molecule has 6 nitrogen and oxygen atoms in total. The van der Waals surface area contributed by atoms with Gasteiger partial charge in [0.05, 0.1) is 24.9 Å². The van der Waals surface area contributed by atoms with Crippen molar-refractivity contribution >= 4 is 5.69 Å². The highest BCUT2D eigenvalue weighted by molar-refractivity contribution is 5.55. The topological polar surface area (TPSA) is 82.4 Å². The van der Waals surface area contributed by atoms with Crippen molar-refractivity contribution in [3.8, 4) is 11.9 Å². The second-order valence-electron chi connectivity index (χ2n) is 5.03. The Hall–Kier alpha value is -1.71. The summed E-state index contributed by atoms with van der Waals surface area (Å²) < 4.78 is 18.3. The fraction of sp³-hybridized carbons (Fsp3) is 0.643. The predicted octanol–water partition coefficient (Wildman–Crippen LogP) is 1.53. The molecule has 0 radical (unpaired) electrons. The van der Waals surface area contributed by atoms with Crippen molar-refractivity contribution in [2.75, 3.05) is 26.1 Å². The molecular weight excluding hydrogens is 258 g/mol. The first-order valence-electron chi connectivity index (χ1n) is 6.82. The Kier molecular flexibility index (Phi) is 4.88. The number of nitrogens with two attached hydrogens (primary N) is 1. The van der Waals surface area contributed by atoms with Crippen molar-refractivity contribution in [3.63, 3.8) is 0 Å². The highest BCUT2D eigenvalue weighted by Crippen LogP contribution is 2.29. The lowest BCUT2D eigenvalue weighted by molar-refractivity contribution is 0.0750. The number of methoxy groups -OCH3 is 1. The molecule has 1 aliphatic rings. The van der Waals surface area contributed by atoms with Crippen LogP contribution >= 0.6 is 0 Å². The van der Waals surface area contributed by atoms with Gasteiger partial charge in [0.1, 0.15) is 17.9 Å². The molecule has 2 heterocycles. The summed E-state index contributed by atoms with van der Waals surface area (Å²) in [6.45, 7) is 3.74. The minimum absolute atomic E-state index is 0.119. The third kappa shape index (κ3) is 3.24. The molecule has 0 spiro atoms. The van der Waals surface area contributed by atoms with Gasteiger partial charge >= 0.3 is 0 Å². The molecule has 1 aromatic rings. The first kappa shape index (κ1) is 14.7. The van der Waals surface area contributed by atoms with Crippen LogP contribution in [0.2, 0.25) is 0 Å². The van der Waals surface area contributed by atoms with E-state index in [0.717, 1.165) is 19.4 Å². The Morgan fingerprint density at radius 2 is 2.45 bits per heavy atom. The number of hydrogen-bond donors (Lipinski definition) is 1. The summed E-state index contributed by atoms with van der Waals surface area (Å²) in [7, 11) is 1.62. The molecule has 2 atom stereocenters. The van der Waals surface area contributed by atoms with Crippen molar-refractivity contribution in [3.05, 3.63) is 11.8 Å². The number of anilines is 1. The minimum atomic E-state index is -0.132. The Balaban J connectivity index is 2.20. The lowest BCUT2D eigenvalue weighted by Gasteiger charge is -2.19. The molecule has 1 aromatic heterocycles. The highest BCUT2D eigenvalue weighted by atomic mass is 16.5. The van der Waals surface area contributed by atoms with Crippen LogP contribution in [0.1, 0.15) is 25.5 Å². The summed E-state index contributed by atoms with van der Waals surface area (Å²) in [6.07, 6.45) is 2.04. The lowest BCUT2D eigenvalue weighted by atomic mass is 10.2. The molecule has 0 aliphatic carbocycles. The molecule has 2 rings (SSSR count). The van der Waals surface area contributed by atoms with Gasteiger partial charge in [0.15, 0.2) is 0 Å². The van der Waals surface area contributed by atoms with E-state index in [-0.39, 0.29) is 12.2 Å². The van der Waals surface area contributed by atoms with E-state index in [1.807, 2.05) is 6.92 Å². The van der Waals surface area contributed by atoms with E-state index in [1.54, 1.807) is 17.7 Å². The van der Waals surface area contributed by atoms with Gasteiger partial charge in [-0.15, -0.1) is 0 Å². The van der Waals surface area contributed by atoms with Crippen molar-refractivity contribution < 1.29 is 14.2 Å². The number of nitriles is 1. The maximum absolute atomic E-state index is 9.22. The molecule has 0 unspecified atom stereocenters. The molecule has 0 amide bonds. The quantitative estimate of drug-likeness (QED) is 0.854. The molecule has 0 saturated carbocycles. The second kappa shape index (κ2) is 6.64. The van der Waals surface area contributed by atoms with Gasteiger partial charge in [-0.1, -0.05) is 0 Å². The number of hydrogen-bond acceptors (Lipinski definition) is 5. The fourth-order valence-electron chi connectivity index (χ4n) is 2.41. The third-order valence-corrected chi connectivity index (χ3v) is 3.31. The molecule has 0 aromatic carbocycles. The minimum Gasteiger partial charge on any atom is -0.472 e. The summed E-state index contributed by atoms with van der Waals surface area (Å²) in [5.74, 6) is 0.529. The van der Waals surface area contributed by atoms with Crippen LogP contribution in [0.15, 0.2) is 6.07 Å². The zero-order valence-electron chi connectivity index (χ0n) is 12.0. The van der Waals surface area contributed by atoms with Gasteiger partial charge in [-0.05, 0) is 19.8 Å². The van der Waals surface area contributed by atoms with E-state index < -0.39 is 0 Å². The van der Waals surface area contributed by atoms with Gasteiger partial charge in [0.25, 0.3) is 0 Å². The second-order valence-corrected chi connectivity index (χ2v) is 5.03. The zero-order valence-corrected chi connectivity index (χ0v) is 12.0. The highest BCUT2D eigenvalue weighted by Gasteiger charge is 2.22. The van der Waals surface area contributed by atoms with Crippen LogP contribution in [0.4, 0.5) is 5.69 Å². The monoisotopic (exact) mass is 279 g/mol. The summed E-state index contributed by atoms with van der Waals surface area (Å²) >= 11 is 0. The Labute approximate surface area is 119 Å². The number of nitrogens with zero attached hydrogens (tertiary/aromatic N) is 2. The molecule has 2 N–H and O–H groups in total. The average Bonchev–Trinajstić information content (AvgIpc) is 3.02. The van der Waals surface area contributed by atoms with Crippen LogP contribution in [0, 0.1) is 11.3 Å². The maximum Gasteiger partial charge on any atom is 0.218 e. The van der Waals surface area contributed by atoms with E-state index in [0.29, 0.717) is 30.4 Å². The molecule has 1 fully saturated rings. The van der Waals surface area contributed by atoms with Gasteiger partial charge in [0.2, 0.25) is 5.88 Å². The van der Waals surface area contributed by atoms with E-state index >= 15 is 0 Å². The van der Waals surface area contributed by atoms with Gasteiger partial charge in [-0.2, -0.15) is 5.26 Å². The SMILES string of the molecule is COC[C@@H](C)Oc1c(N)cc(C#N)n1C[C@H]1CCCO1. The van der Waals surface area contributed by atoms with E-state index in [9.17, 15) is 5.26 Å². The molecule has 6 heteroatoms. The van der Waals surface area contributed by atoms with Crippen LogP contribution in [-0.4, -0.2) is 37.1 Å². The van der Waals surface area contributed by atoms with Crippen molar-refractivity contribution in [2.24, 2.45) is 0 Å². The number of nitrogen functional groups attached to an aromatic ring is 1. The zero-order chi connectivity index (χ0) is 14.5. The molecule has 1 saturated heterocycles. The predicted molar refractivity (Wildman–Crippen MR) is 74.5 cm³/mol. The van der Waals surface area contributed by atoms with Crippen molar-refractivity contribution in [1.82, 2.24) is 4.57 Å². The largest absolute Gasteiger partial charge is 0.472 e. The fourth-order valence-corrected chi connectivity index (χ4v) is 2.41. The van der Waals surface area contributed by atoms with Gasteiger partial charge in [-0.3, -0.25) is 4.57 Å². The van der Waals surface area contributed by atoms with Crippen molar-refractivity contribution in [2.45, 2.75) is 38.5 Å². The third-order valence-electron chi connectivity index (χ3n) is 3.31. The first-order valence-corrected chi connectivity index (χ1v) is 6.82. The van der Waals surface area contributed by atoms with Crippen LogP contribution in [0.5, 0.6) is 5.88 Å². The van der Waals surface area contributed by atoms with Gasteiger partial charge < -0.3 is 19.9 Å². The smallest absolute Gasteiger partial charge is 0.218 e. The number of rotatable bonds is 6. The standard InChI is InChI=1S/C14H21N3O3/c1-10(9-18-2)20-14-13(16)6-11(7-15)17(14)8-12-4-3-5-19-12/h6,10,12H,3-5,8-9,16H2,1-2H3/t10-,12-/m1/s1. The van der Waals surface area contributed by atoms with E-state index in [1.165, 1.54) is 0 Å². The van der Waals surface area contributed by atoms with Gasteiger partial charge in [0, 0.05) is 19.8 Å². The Morgan fingerprint density at radius 1 is 1.65 bits per heavy atom. The summed E-state index contributed by atoms with van der Waals surface area (Å²) in [4.78, 5) is 0. The van der Waals surface area contributed by atoms with Crippen LogP contribution in [0.25, 0.3) is 0 Å². The Bertz CT molecular complexity index is 487. The van der Waals surface area contributed by atoms with Gasteiger partial charge in [-0.25, -0.2) is 0 Å². The molecule has 20 heavy (non-hydrogen) atoms. The van der Waals surface area contributed by atoms with Crippen molar-refractivity contribution in [1.29, 1.82) is 5.26 Å². The molecule has 0 bridgehead atoms. The maximum atomic E-state index is 9.22. The molecular formula is C14H21N3O3. The normalized spacial score (nSPS) is 19.8. The Morgan fingerprint density at radius 3 is 3.05 bits per heavy atom. The molecule has 110 valence electrons. The van der Waals surface area contributed by atoms with Crippen LogP contribution in [-0.2, 0) is 16.0 Å². The average molecular weight is 279 g/mol. The first-order chi connectivity index (χ1) is 9.65. The molecule has 1 aliphatic heterocycles. The number of aromatic nitrogens is 1. The van der Waals surface area contributed by atoms with E-state index in [4.69, 9.17) is 19.9 Å². The summed E-state index contributed by atoms with van der Waals surface area (Å²) in [5, 5.41) is 9.22. The van der Waals surface area contributed by atoms with Crippen LogP contribution in [0.3, 0.4) is 0 Å². The van der Waals surface area contributed by atoms with E-state index in [2.05, 4.69) is 6.07 Å². The number of ether oxygens (including phenoxy) is 3. The summed E-state index contributed by atoms with van der Waals surface area (Å²) in [5.41, 5.74) is 6.93. The lowest BCUT2D eigenvalue weighted by Crippen LogP contribution is -2.23.